The van der Waals surface area contributed by atoms with Crippen LogP contribution in [0, 0.1) is 6.92 Å². The standard InChI is InChI=1S/C22H24N2O5S/c1-4-28-20(25)13-29-16-8-6-15(7-9-16)12-19-21(26)24-22(30-19)23-17-11-14(2)5-10-18(17)27-3/h5-12,22-23H,4,13H2,1-3H3,(H,24,26)/b19-12-. The maximum atomic E-state index is 12.4. The van der Waals surface area contributed by atoms with E-state index in [9.17, 15) is 9.59 Å². The van der Waals surface area contributed by atoms with Gasteiger partial charge in [0.2, 0.25) is 0 Å². The average Bonchev–Trinajstić information content (AvgIpc) is 3.06. The Morgan fingerprint density at radius 1 is 1.23 bits per heavy atom. The summed E-state index contributed by atoms with van der Waals surface area (Å²) in [6.07, 6.45) is 1.81. The summed E-state index contributed by atoms with van der Waals surface area (Å²) in [6, 6.07) is 13.0. The van der Waals surface area contributed by atoms with E-state index in [0.29, 0.717) is 23.0 Å². The van der Waals surface area contributed by atoms with Gasteiger partial charge in [-0.3, -0.25) is 4.79 Å². The minimum absolute atomic E-state index is 0.137. The molecular formula is C22H24N2O5S. The number of hydrogen-bond acceptors (Lipinski definition) is 7. The fraction of sp³-hybridized carbons (Fsp3) is 0.273. The lowest BCUT2D eigenvalue weighted by molar-refractivity contribution is -0.145. The number of carbonyl (C=O) groups is 2. The van der Waals surface area contributed by atoms with E-state index in [0.717, 1.165) is 16.8 Å². The zero-order valence-corrected chi connectivity index (χ0v) is 17.9. The molecule has 8 heteroatoms. The van der Waals surface area contributed by atoms with Gasteiger partial charge in [0, 0.05) is 0 Å². The lowest BCUT2D eigenvalue weighted by Gasteiger charge is -2.16. The molecule has 1 saturated heterocycles. The van der Waals surface area contributed by atoms with Gasteiger partial charge in [0.15, 0.2) is 12.1 Å². The lowest BCUT2D eigenvalue weighted by atomic mass is 10.2. The van der Waals surface area contributed by atoms with Gasteiger partial charge in [-0.1, -0.05) is 30.0 Å². The highest BCUT2D eigenvalue weighted by Gasteiger charge is 2.27. The van der Waals surface area contributed by atoms with Gasteiger partial charge in [0.25, 0.3) is 5.91 Å². The first-order chi connectivity index (χ1) is 14.5. The van der Waals surface area contributed by atoms with Gasteiger partial charge < -0.3 is 24.8 Å². The molecule has 1 amide bonds. The van der Waals surface area contributed by atoms with Gasteiger partial charge in [-0.15, -0.1) is 0 Å². The van der Waals surface area contributed by atoms with Crippen LogP contribution in [0.3, 0.4) is 0 Å². The van der Waals surface area contributed by atoms with Crippen molar-refractivity contribution in [1.29, 1.82) is 0 Å². The highest BCUT2D eigenvalue weighted by molar-refractivity contribution is 8.05. The first-order valence-electron chi connectivity index (χ1n) is 9.47. The average molecular weight is 429 g/mol. The van der Waals surface area contributed by atoms with Crippen LogP contribution in [0.4, 0.5) is 5.69 Å². The summed E-state index contributed by atoms with van der Waals surface area (Å²) in [6.45, 7) is 3.93. The molecule has 0 radical (unpaired) electrons. The Kier molecular flexibility index (Phi) is 7.24. The molecule has 1 aliphatic rings. The van der Waals surface area contributed by atoms with Gasteiger partial charge >= 0.3 is 5.97 Å². The van der Waals surface area contributed by atoms with E-state index >= 15 is 0 Å². The first kappa shape index (κ1) is 21.6. The third kappa shape index (κ3) is 5.70. The topological polar surface area (TPSA) is 85.9 Å². The number of aryl methyl sites for hydroxylation is 1. The Labute approximate surface area is 179 Å². The van der Waals surface area contributed by atoms with Gasteiger partial charge in [0.05, 0.1) is 24.3 Å². The molecule has 3 rings (SSSR count). The molecule has 1 heterocycles. The predicted octanol–water partition coefficient (Wildman–Crippen LogP) is 3.55. The maximum Gasteiger partial charge on any atom is 0.344 e. The van der Waals surface area contributed by atoms with E-state index in [1.807, 2.05) is 43.3 Å². The third-order valence-corrected chi connectivity index (χ3v) is 5.24. The summed E-state index contributed by atoms with van der Waals surface area (Å²) in [5, 5.41) is 6.21. The van der Waals surface area contributed by atoms with Crippen molar-refractivity contribution in [3.63, 3.8) is 0 Å². The minimum atomic E-state index is -0.411. The number of thioether (sulfide) groups is 1. The summed E-state index contributed by atoms with van der Waals surface area (Å²) in [4.78, 5) is 24.3. The minimum Gasteiger partial charge on any atom is -0.495 e. The van der Waals surface area contributed by atoms with Crippen molar-refractivity contribution in [2.75, 3.05) is 25.6 Å². The zero-order chi connectivity index (χ0) is 21.5. The molecule has 0 aromatic heterocycles. The summed E-state index contributed by atoms with van der Waals surface area (Å²) in [5.41, 5.74) is 2.46. The van der Waals surface area contributed by atoms with E-state index in [1.165, 1.54) is 11.8 Å². The number of carbonyl (C=O) groups excluding carboxylic acids is 2. The molecule has 7 nitrogen and oxygen atoms in total. The molecule has 0 aliphatic carbocycles. The Bertz CT molecular complexity index is 943. The number of benzene rings is 2. The number of anilines is 1. The van der Waals surface area contributed by atoms with E-state index in [4.69, 9.17) is 14.2 Å². The highest BCUT2D eigenvalue weighted by Crippen LogP contribution is 2.33. The predicted molar refractivity (Wildman–Crippen MR) is 117 cm³/mol. The molecule has 0 saturated carbocycles. The molecule has 0 bridgehead atoms. The van der Waals surface area contributed by atoms with Crippen LogP contribution in [-0.2, 0) is 14.3 Å². The molecule has 1 unspecified atom stereocenters. The number of rotatable bonds is 8. The van der Waals surface area contributed by atoms with Crippen molar-refractivity contribution in [2.45, 2.75) is 19.3 Å². The smallest absolute Gasteiger partial charge is 0.344 e. The molecule has 158 valence electrons. The van der Waals surface area contributed by atoms with Crippen LogP contribution in [-0.4, -0.2) is 37.7 Å². The number of amides is 1. The summed E-state index contributed by atoms with van der Waals surface area (Å²) >= 11 is 1.40. The number of nitrogens with one attached hydrogen (secondary N) is 2. The Morgan fingerprint density at radius 2 is 2.00 bits per heavy atom. The van der Waals surface area contributed by atoms with Crippen molar-refractivity contribution in [2.24, 2.45) is 0 Å². The molecule has 1 aliphatic heterocycles. The molecular weight excluding hydrogens is 404 g/mol. The number of esters is 1. The van der Waals surface area contributed by atoms with Crippen molar-refractivity contribution in [3.8, 4) is 11.5 Å². The molecule has 2 aromatic rings. The Hall–Kier alpha value is -3.13. The molecule has 2 N–H and O–H groups in total. The normalized spacial score (nSPS) is 16.8. The van der Waals surface area contributed by atoms with Gasteiger partial charge in [0.1, 0.15) is 11.5 Å². The van der Waals surface area contributed by atoms with Crippen LogP contribution in [0.15, 0.2) is 47.4 Å². The molecule has 0 spiro atoms. The van der Waals surface area contributed by atoms with Crippen LogP contribution < -0.4 is 20.1 Å². The summed E-state index contributed by atoms with van der Waals surface area (Å²) < 4.78 is 15.6. The first-order valence-corrected chi connectivity index (χ1v) is 10.4. The van der Waals surface area contributed by atoms with E-state index in [2.05, 4.69) is 10.6 Å². The second-order valence-electron chi connectivity index (χ2n) is 6.49. The zero-order valence-electron chi connectivity index (χ0n) is 17.1. The van der Waals surface area contributed by atoms with Gasteiger partial charge in [-0.05, 0) is 55.3 Å². The van der Waals surface area contributed by atoms with Crippen molar-refractivity contribution >= 4 is 35.4 Å². The lowest BCUT2D eigenvalue weighted by Crippen LogP contribution is -2.31. The fourth-order valence-electron chi connectivity index (χ4n) is 2.80. The van der Waals surface area contributed by atoms with E-state index in [-0.39, 0.29) is 18.0 Å². The summed E-state index contributed by atoms with van der Waals surface area (Å²) in [7, 11) is 1.61. The van der Waals surface area contributed by atoms with Gasteiger partial charge in [-0.25, -0.2) is 4.79 Å². The number of ether oxygens (including phenoxy) is 3. The molecule has 30 heavy (non-hydrogen) atoms. The van der Waals surface area contributed by atoms with E-state index < -0.39 is 5.97 Å². The Morgan fingerprint density at radius 3 is 2.70 bits per heavy atom. The second kappa shape index (κ2) is 10.1. The van der Waals surface area contributed by atoms with Gasteiger partial charge in [-0.2, -0.15) is 0 Å². The monoisotopic (exact) mass is 428 g/mol. The van der Waals surface area contributed by atoms with Crippen LogP contribution in [0.2, 0.25) is 0 Å². The van der Waals surface area contributed by atoms with Crippen LogP contribution >= 0.6 is 11.8 Å². The largest absolute Gasteiger partial charge is 0.495 e. The highest BCUT2D eigenvalue weighted by atomic mass is 32.2. The molecule has 2 aromatic carbocycles. The van der Waals surface area contributed by atoms with Crippen molar-refractivity contribution < 1.29 is 23.8 Å². The van der Waals surface area contributed by atoms with E-state index in [1.54, 1.807) is 26.2 Å². The van der Waals surface area contributed by atoms with Crippen molar-refractivity contribution in [3.05, 3.63) is 58.5 Å². The van der Waals surface area contributed by atoms with Crippen molar-refractivity contribution in [1.82, 2.24) is 5.32 Å². The number of methoxy groups -OCH3 is 1. The molecule has 1 atom stereocenters. The molecule has 1 fully saturated rings. The van der Waals surface area contributed by atoms with Crippen LogP contribution in [0.25, 0.3) is 6.08 Å². The van der Waals surface area contributed by atoms with Crippen LogP contribution in [0.1, 0.15) is 18.1 Å². The second-order valence-corrected chi connectivity index (χ2v) is 7.64. The summed E-state index contributed by atoms with van der Waals surface area (Å²) in [5.74, 6) is 0.712. The van der Waals surface area contributed by atoms with Crippen LogP contribution in [0.5, 0.6) is 11.5 Å². The SMILES string of the molecule is CCOC(=O)COc1ccc(/C=C2\SC(Nc3cc(C)ccc3OC)NC2=O)cc1. The Balaban J connectivity index is 1.62. The fourth-order valence-corrected chi connectivity index (χ4v) is 3.77. The third-order valence-electron chi connectivity index (χ3n) is 4.21. The number of hydrogen-bond donors (Lipinski definition) is 2. The quantitative estimate of drug-likeness (QED) is 0.491. The maximum absolute atomic E-state index is 12.4.